The van der Waals surface area contributed by atoms with Crippen molar-refractivity contribution < 1.29 is 19.4 Å². The van der Waals surface area contributed by atoms with Crippen LogP contribution in [0.3, 0.4) is 0 Å². The van der Waals surface area contributed by atoms with Crippen molar-refractivity contribution in [3.8, 4) is 17.3 Å². The first kappa shape index (κ1) is 27.1. The number of fused-ring (bicyclic) bond motifs is 1. The van der Waals surface area contributed by atoms with Gasteiger partial charge in [-0.1, -0.05) is 18.3 Å². The fourth-order valence-corrected chi connectivity index (χ4v) is 6.75. The lowest BCUT2D eigenvalue weighted by molar-refractivity contribution is -0.156. The van der Waals surface area contributed by atoms with Gasteiger partial charge >= 0.3 is 0 Å². The minimum Gasteiger partial charge on any atom is -0.393 e. The molecule has 0 bridgehead atoms. The Balaban J connectivity index is 1.29. The normalized spacial score (nSPS) is 16.4. The summed E-state index contributed by atoms with van der Waals surface area (Å²) in [5.74, 6) is -0.765. The number of nitrogens with zero attached hydrogens (tertiary/aromatic N) is 7. The van der Waals surface area contributed by atoms with E-state index in [9.17, 15) is 19.6 Å². The van der Waals surface area contributed by atoms with Crippen molar-refractivity contribution in [3.63, 3.8) is 0 Å². The van der Waals surface area contributed by atoms with Gasteiger partial charge in [-0.2, -0.15) is 10.4 Å². The highest BCUT2D eigenvalue weighted by molar-refractivity contribution is 7.16. The maximum absolute atomic E-state index is 13.5. The van der Waals surface area contributed by atoms with Gasteiger partial charge in [-0.05, 0) is 49.7 Å². The number of halogens is 1. The van der Waals surface area contributed by atoms with Crippen LogP contribution in [0.1, 0.15) is 23.2 Å². The maximum Gasteiger partial charge on any atom is 0.253 e. The van der Waals surface area contributed by atoms with E-state index in [0.717, 1.165) is 41.4 Å². The molecule has 1 spiro atoms. The van der Waals surface area contributed by atoms with E-state index >= 15 is 0 Å². The largest absolute Gasteiger partial charge is 0.393 e. The molecule has 0 aliphatic carbocycles. The van der Waals surface area contributed by atoms with E-state index in [2.05, 4.69) is 30.0 Å². The van der Waals surface area contributed by atoms with Gasteiger partial charge in [-0.25, -0.2) is 13.9 Å². The highest BCUT2D eigenvalue weighted by Gasteiger charge is 2.53. The molecule has 1 amide bonds. The van der Waals surface area contributed by atoms with E-state index in [0.29, 0.717) is 40.8 Å². The molecule has 2 fully saturated rings. The highest BCUT2D eigenvalue weighted by atomic mass is 32.1. The van der Waals surface area contributed by atoms with Gasteiger partial charge < -0.3 is 24.9 Å². The zero-order valence-electron chi connectivity index (χ0n) is 23.0. The van der Waals surface area contributed by atoms with Crippen LogP contribution in [0.2, 0.25) is 0 Å². The molecule has 2 aliphatic rings. The van der Waals surface area contributed by atoms with Gasteiger partial charge in [0.2, 0.25) is 0 Å². The fourth-order valence-electron chi connectivity index (χ4n) is 5.89. The van der Waals surface area contributed by atoms with Gasteiger partial charge in [0.05, 0.1) is 23.5 Å². The number of nitriles is 1. The number of rotatable bonds is 7. The number of likely N-dealkylation sites (tertiary alicyclic amines) is 1. The lowest BCUT2D eigenvalue weighted by atomic mass is 9.72. The Bertz CT molecular complexity index is 1680. The molecule has 2 N–H and O–H groups in total. The number of benzene rings is 1. The van der Waals surface area contributed by atoms with Crippen molar-refractivity contribution in [3.05, 3.63) is 58.5 Å². The molecule has 5 heterocycles. The molecule has 2 aliphatic heterocycles. The third kappa shape index (κ3) is 4.50. The quantitative estimate of drug-likeness (QED) is 0.345. The van der Waals surface area contributed by atoms with Crippen LogP contribution in [0.4, 0.5) is 20.9 Å². The summed E-state index contributed by atoms with van der Waals surface area (Å²) < 4.78 is 15.4. The van der Waals surface area contributed by atoms with E-state index in [4.69, 9.17) is 15.2 Å². The third-order valence-electron chi connectivity index (χ3n) is 7.97. The van der Waals surface area contributed by atoms with Crippen LogP contribution in [0.25, 0.3) is 16.8 Å². The van der Waals surface area contributed by atoms with E-state index in [1.54, 1.807) is 17.0 Å². The number of thiazole rings is 1. The van der Waals surface area contributed by atoms with Crippen molar-refractivity contribution in [2.24, 2.45) is 5.41 Å². The van der Waals surface area contributed by atoms with Crippen LogP contribution < -0.4 is 9.80 Å². The molecule has 6 rings (SSSR count). The monoisotopic (exact) mass is 575 g/mol. The maximum atomic E-state index is 13.5. The predicted octanol–water partition coefficient (Wildman–Crippen LogP) is 3.11. The molecule has 0 saturated carbocycles. The average Bonchev–Trinajstić information content (AvgIpc) is 3.53. The third-order valence-corrected chi connectivity index (χ3v) is 9.01. The number of hydrogen-bond donors (Lipinski definition) is 2. The molecule has 41 heavy (non-hydrogen) atoms. The van der Waals surface area contributed by atoms with Crippen LogP contribution in [-0.2, 0) is 11.2 Å². The number of aliphatic hydroxyl groups excluding tert-OH is 2. The summed E-state index contributed by atoms with van der Waals surface area (Å²) in [6.45, 7) is 6.24. The van der Waals surface area contributed by atoms with Crippen LogP contribution >= 0.6 is 11.3 Å². The van der Waals surface area contributed by atoms with Crippen LogP contribution in [0.5, 0.6) is 0 Å². The Kier molecular flexibility index (Phi) is 6.68. The number of pyridine rings is 1. The summed E-state index contributed by atoms with van der Waals surface area (Å²) in [7, 11) is 1.92. The molecule has 0 unspecified atom stereocenters. The zero-order valence-corrected chi connectivity index (χ0v) is 23.8. The minimum atomic E-state index is -1.35. The van der Waals surface area contributed by atoms with E-state index in [1.165, 1.54) is 23.5 Å². The average molecular weight is 576 g/mol. The fraction of sp³-hybridized carbons (Fsp3) is 0.379. The Morgan fingerprint density at radius 2 is 1.95 bits per heavy atom. The van der Waals surface area contributed by atoms with Gasteiger partial charge in [0, 0.05) is 55.6 Å². The summed E-state index contributed by atoms with van der Waals surface area (Å²) in [5.41, 5.74) is 5.99. The summed E-state index contributed by atoms with van der Waals surface area (Å²) in [6, 6.07) is 12.4. The molecule has 0 radical (unpaired) electrons. The van der Waals surface area contributed by atoms with Crippen molar-refractivity contribution in [1.29, 1.82) is 5.26 Å². The zero-order chi connectivity index (χ0) is 29.1. The Labute approximate surface area is 240 Å². The van der Waals surface area contributed by atoms with Crippen molar-refractivity contribution >= 4 is 39.3 Å². The Morgan fingerprint density at radius 1 is 1.24 bits per heavy atom. The lowest BCUT2D eigenvalue weighted by Crippen LogP contribution is -2.74. The number of carbonyl (C=O) groups excluding carboxylic acids is 1. The number of aromatic nitrogens is 3. The van der Waals surface area contributed by atoms with Gasteiger partial charge in [0.1, 0.15) is 22.5 Å². The second-order valence-electron chi connectivity index (χ2n) is 10.9. The first-order chi connectivity index (χ1) is 19.7. The molecule has 212 valence electrons. The molecule has 4 aromatic rings. The van der Waals surface area contributed by atoms with Gasteiger partial charge in [-0.3, -0.25) is 4.79 Å². The molecule has 1 atom stereocenters. The van der Waals surface area contributed by atoms with Crippen LogP contribution in [0.15, 0.2) is 36.4 Å². The van der Waals surface area contributed by atoms with Crippen molar-refractivity contribution in [2.45, 2.75) is 26.4 Å². The summed E-state index contributed by atoms with van der Waals surface area (Å²) in [5, 5.41) is 34.1. The SMILES string of the molecule is CCc1nn2c(C)cc(N3CC4(CN(C(=O)[C@H](O)CO)C4)C3)cc2c1N(C)c1nc(-c2ccc(F)cc2)c(C#N)s1. The van der Waals surface area contributed by atoms with E-state index in [1.807, 2.05) is 23.4 Å². The summed E-state index contributed by atoms with van der Waals surface area (Å²) in [4.78, 5) is 23.3. The number of aliphatic hydroxyl groups is 2. The predicted molar refractivity (Wildman–Crippen MR) is 154 cm³/mol. The van der Waals surface area contributed by atoms with Gasteiger partial charge in [0.25, 0.3) is 5.91 Å². The molecular weight excluding hydrogens is 545 g/mol. The molecule has 1 aromatic carbocycles. The second-order valence-corrected chi connectivity index (χ2v) is 11.9. The highest BCUT2D eigenvalue weighted by Crippen LogP contribution is 2.44. The minimum absolute atomic E-state index is 0.00461. The van der Waals surface area contributed by atoms with Crippen LogP contribution in [0, 0.1) is 29.5 Å². The number of carbonyl (C=O) groups is 1. The number of anilines is 3. The van der Waals surface area contributed by atoms with E-state index < -0.39 is 18.6 Å². The van der Waals surface area contributed by atoms with E-state index in [-0.39, 0.29) is 11.2 Å². The summed E-state index contributed by atoms with van der Waals surface area (Å²) in [6.07, 6.45) is -0.652. The smallest absolute Gasteiger partial charge is 0.253 e. The Morgan fingerprint density at radius 3 is 2.59 bits per heavy atom. The van der Waals surface area contributed by atoms with Gasteiger partial charge in [-0.15, -0.1) is 0 Å². The first-order valence-corrected chi connectivity index (χ1v) is 14.2. The summed E-state index contributed by atoms with van der Waals surface area (Å²) >= 11 is 1.29. The Hall–Kier alpha value is -4.05. The second kappa shape index (κ2) is 10.1. The van der Waals surface area contributed by atoms with Crippen LogP contribution in [-0.4, -0.2) is 81.6 Å². The molecular formula is C29H30FN7O3S. The molecule has 3 aromatic heterocycles. The molecule has 2 saturated heterocycles. The van der Waals surface area contributed by atoms with Crippen molar-refractivity contribution in [1.82, 2.24) is 19.5 Å². The number of aryl methyl sites for hydroxylation is 2. The lowest BCUT2D eigenvalue weighted by Gasteiger charge is -2.61. The topological polar surface area (TPSA) is 121 Å². The number of hydrogen-bond acceptors (Lipinski definition) is 9. The van der Waals surface area contributed by atoms with Gasteiger partial charge in [0.15, 0.2) is 11.2 Å². The standard InChI is InChI=1S/C29H30FN7O3S/c1-4-21-26(34(3)28-32-25(24(11-31)41-28)18-5-7-19(30)8-6-18)22-10-20(9-17(2)37(22)33-21)35-13-29(14-35)15-36(16-29)27(40)23(39)12-38/h5-10,23,38-39H,4,12-16H2,1-3H3/t23-/m1/s1. The molecule has 10 nitrogen and oxygen atoms in total. The first-order valence-electron chi connectivity index (χ1n) is 13.4. The van der Waals surface area contributed by atoms with Crippen molar-refractivity contribution in [2.75, 3.05) is 49.6 Å². The number of amides is 1. The molecule has 12 heteroatoms.